The lowest BCUT2D eigenvalue weighted by molar-refractivity contribution is -0.118. The summed E-state index contributed by atoms with van der Waals surface area (Å²) in [5, 5.41) is 2.91. The van der Waals surface area contributed by atoms with Crippen LogP contribution in [0, 0.1) is 0 Å². The molecule has 168 valence electrons. The summed E-state index contributed by atoms with van der Waals surface area (Å²) in [6.45, 7) is 2.96. The van der Waals surface area contributed by atoms with Gasteiger partial charge in [-0.05, 0) is 35.9 Å². The van der Waals surface area contributed by atoms with Crippen molar-refractivity contribution in [2.45, 2.75) is 0 Å². The highest BCUT2D eigenvalue weighted by Gasteiger charge is 2.35. The average Bonchev–Trinajstić information content (AvgIpc) is 2.85. The molecule has 0 aliphatic carbocycles. The molecule has 0 unspecified atom stereocenters. The molecule has 2 amide bonds. The molecule has 3 heterocycles. The molecule has 0 radical (unpaired) electrons. The van der Waals surface area contributed by atoms with Gasteiger partial charge < -0.3 is 14.8 Å². The van der Waals surface area contributed by atoms with Gasteiger partial charge in [-0.25, -0.2) is 0 Å². The number of morpholine rings is 1. The van der Waals surface area contributed by atoms with Gasteiger partial charge in [0.25, 0.3) is 5.91 Å². The van der Waals surface area contributed by atoms with Crippen molar-refractivity contribution in [3.05, 3.63) is 89.3 Å². The van der Waals surface area contributed by atoms with Crippen LogP contribution >= 0.6 is 0 Å². The highest BCUT2D eigenvalue weighted by atomic mass is 16.5. The molecule has 1 saturated heterocycles. The van der Waals surface area contributed by atoms with E-state index in [9.17, 15) is 9.59 Å². The molecule has 2 aromatic rings. The lowest BCUT2D eigenvalue weighted by atomic mass is 9.90. The van der Waals surface area contributed by atoms with Crippen molar-refractivity contribution in [3.63, 3.8) is 0 Å². The molecule has 0 aromatic heterocycles. The number of ether oxygens (including phenoxy) is 2. The van der Waals surface area contributed by atoms with Crippen LogP contribution in [0.2, 0.25) is 0 Å². The first-order valence-electron chi connectivity index (χ1n) is 11.0. The number of fused-ring (bicyclic) bond motifs is 2. The van der Waals surface area contributed by atoms with E-state index in [0.29, 0.717) is 30.2 Å². The van der Waals surface area contributed by atoms with E-state index in [1.54, 1.807) is 30.2 Å². The molecule has 0 saturated carbocycles. The zero-order valence-corrected chi connectivity index (χ0v) is 18.4. The molecular formula is C26H25N3O4. The summed E-state index contributed by atoms with van der Waals surface area (Å²) in [5.41, 5.74) is 4.74. The van der Waals surface area contributed by atoms with E-state index in [0.717, 1.165) is 35.6 Å². The monoisotopic (exact) mass is 443 g/mol. The second-order valence-electron chi connectivity index (χ2n) is 8.06. The number of carbonyl (C=O) groups excluding carboxylic acids is 2. The SMILES string of the molecule is COc1ccc(C(=O)N2c3ccc(-c4ccccc4)c2c3)cc1NC(=O)CN1CCOCC1. The van der Waals surface area contributed by atoms with Crippen LogP contribution in [0.1, 0.15) is 15.9 Å². The highest BCUT2D eigenvalue weighted by Crippen LogP contribution is 2.42. The Morgan fingerprint density at radius 3 is 2.58 bits per heavy atom. The standard InChI is InChI=1S/C26H25N3O4/c1-32-24-10-7-19(15-22(24)27-25(30)17-28-11-13-33-14-12-28)26(31)29-20-8-9-21(23(29)16-20)18-5-3-2-4-6-18/h2-10,15-16H,11-14,17H2,1H3,(H,27,30). The predicted molar refractivity (Wildman–Crippen MR) is 126 cm³/mol. The van der Waals surface area contributed by atoms with Gasteiger partial charge in [-0.1, -0.05) is 36.4 Å². The minimum Gasteiger partial charge on any atom is -0.495 e. The van der Waals surface area contributed by atoms with Crippen LogP contribution < -0.4 is 10.1 Å². The van der Waals surface area contributed by atoms with E-state index >= 15 is 0 Å². The summed E-state index contributed by atoms with van der Waals surface area (Å²) < 4.78 is 10.8. The topological polar surface area (TPSA) is 71.1 Å². The molecule has 7 nitrogen and oxygen atoms in total. The van der Waals surface area contributed by atoms with Crippen LogP contribution in [-0.4, -0.2) is 61.6 Å². The van der Waals surface area contributed by atoms with Gasteiger partial charge in [0, 0.05) is 24.2 Å². The number of carbonyl (C=O) groups is 2. The van der Waals surface area contributed by atoms with Crippen molar-refractivity contribution < 1.29 is 19.1 Å². The maximum absolute atomic E-state index is 13.4. The molecule has 2 bridgehead atoms. The van der Waals surface area contributed by atoms with Crippen LogP contribution in [0.3, 0.4) is 0 Å². The van der Waals surface area contributed by atoms with Gasteiger partial charge in [0.05, 0.1) is 43.9 Å². The van der Waals surface area contributed by atoms with Crippen LogP contribution in [0.15, 0.2) is 78.2 Å². The van der Waals surface area contributed by atoms with Crippen molar-refractivity contribution in [1.82, 2.24) is 9.80 Å². The van der Waals surface area contributed by atoms with E-state index in [4.69, 9.17) is 9.47 Å². The fourth-order valence-corrected chi connectivity index (χ4v) is 4.23. The van der Waals surface area contributed by atoms with Gasteiger partial charge in [-0.15, -0.1) is 0 Å². The van der Waals surface area contributed by atoms with Crippen molar-refractivity contribution in [2.75, 3.05) is 45.3 Å². The van der Waals surface area contributed by atoms with E-state index in [-0.39, 0.29) is 18.4 Å². The maximum atomic E-state index is 13.4. The summed E-state index contributed by atoms with van der Waals surface area (Å²) in [7, 11) is 1.54. The normalized spacial score (nSPS) is 17.4. The molecule has 3 aliphatic rings. The number of methoxy groups -OCH3 is 1. The largest absolute Gasteiger partial charge is 0.495 e. The van der Waals surface area contributed by atoms with Crippen molar-refractivity contribution in [3.8, 4) is 5.75 Å². The van der Waals surface area contributed by atoms with Crippen LogP contribution in [0.25, 0.3) is 5.57 Å². The number of nitrogens with zero attached hydrogens (tertiary/aromatic N) is 2. The molecule has 1 fully saturated rings. The minimum atomic E-state index is -0.152. The number of rotatable bonds is 6. The number of hydrogen-bond donors (Lipinski definition) is 1. The maximum Gasteiger partial charge on any atom is 0.262 e. The van der Waals surface area contributed by atoms with Gasteiger partial charge in [0.2, 0.25) is 5.91 Å². The molecular weight excluding hydrogens is 418 g/mol. The lowest BCUT2D eigenvalue weighted by Crippen LogP contribution is -2.41. The third-order valence-corrected chi connectivity index (χ3v) is 5.96. The number of amides is 2. The Kier molecular flexibility index (Phi) is 5.81. The Hall–Kier alpha value is -3.68. The second-order valence-corrected chi connectivity index (χ2v) is 8.06. The number of anilines is 1. The molecule has 2 aromatic carbocycles. The van der Waals surface area contributed by atoms with Crippen molar-refractivity contribution >= 4 is 23.1 Å². The molecule has 7 heteroatoms. The third-order valence-electron chi connectivity index (χ3n) is 5.96. The zero-order valence-electron chi connectivity index (χ0n) is 18.4. The lowest BCUT2D eigenvalue weighted by Gasteiger charge is -2.38. The zero-order chi connectivity index (χ0) is 22.8. The Morgan fingerprint density at radius 1 is 1.06 bits per heavy atom. The highest BCUT2D eigenvalue weighted by molar-refractivity contribution is 6.04. The Balaban J connectivity index is 1.33. The number of benzene rings is 2. The van der Waals surface area contributed by atoms with E-state index in [1.807, 2.05) is 53.5 Å². The quantitative estimate of drug-likeness (QED) is 0.742. The van der Waals surface area contributed by atoms with Crippen LogP contribution in [0.5, 0.6) is 5.75 Å². The van der Waals surface area contributed by atoms with Crippen LogP contribution in [-0.2, 0) is 9.53 Å². The average molecular weight is 444 g/mol. The summed E-state index contributed by atoms with van der Waals surface area (Å²) in [5.74, 6) is 0.209. The van der Waals surface area contributed by atoms with E-state index < -0.39 is 0 Å². The molecule has 3 aliphatic heterocycles. The van der Waals surface area contributed by atoms with Gasteiger partial charge >= 0.3 is 0 Å². The predicted octanol–water partition coefficient (Wildman–Crippen LogP) is 3.29. The Bertz CT molecular complexity index is 1170. The summed E-state index contributed by atoms with van der Waals surface area (Å²) in [6.07, 6.45) is 5.99. The van der Waals surface area contributed by atoms with Gasteiger partial charge in [-0.3, -0.25) is 19.4 Å². The Morgan fingerprint density at radius 2 is 1.85 bits per heavy atom. The third kappa shape index (κ3) is 4.20. The molecule has 0 spiro atoms. The summed E-state index contributed by atoms with van der Waals surface area (Å²) in [6, 6.07) is 15.1. The van der Waals surface area contributed by atoms with Crippen molar-refractivity contribution in [2.24, 2.45) is 0 Å². The van der Waals surface area contributed by atoms with E-state index in [1.165, 1.54) is 0 Å². The Labute approximate surface area is 192 Å². The molecule has 1 N–H and O–H groups in total. The van der Waals surface area contributed by atoms with E-state index in [2.05, 4.69) is 5.32 Å². The summed E-state index contributed by atoms with van der Waals surface area (Å²) >= 11 is 0. The number of hydrogen-bond acceptors (Lipinski definition) is 5. The number of nitrogens with one attached hydrogen (secondary N) is 1. The molecule has 33 heavy (non-hydrogen) atoms. The minimum absolute atomic E-state index is 0.147. The first-order valence-corrected chi connectivity index (χ1v) is 11.0. The van der Waals surface area contributed by atoms with Gasteiger partial charge in [0.15, 0.2) is 0 Å². The fourth-order valence-electron chi connectivity index (χ4n) is 4.23. The smallest absolute Gasteiger partial charge is 0.262 e. The second kappa shape index (κ2) is 9.05. The first kappa shape index (κ1) is 21.2. The number of allylic oxidation sites excluding steroid dienone is 4. The fraction of sp³-hybridized carbons (Fsp3) is 0.231. The first-order chi connectivity index (χ1) is 16.1. The van der Waals surface area contributed by atoms with Gasteiger partial charge in [-0.2, -0.15) is 0 Å². The summed E-state index contributed by atoms with van der Waals surface area (Å²) in [4.78, 5) is 29.8. The van der Waals surface area contributed by atoms with Gasteiger partial charge in [0.1, 0.15) is 5.75 Å². The molecule has 0 atom stereocenters. The van der Waals surface area contributed by atoms with Crippen molar-refractivity contribution in [1.29, 1.82) is 0 Å². The van der Waals surface area contributed by atoms with Crippen LogP contribution in [0.4, 0.5) is 5.69 Å². The molecule has 5 rings (SSSR count).